The van der Waals surface area contributed by atoms with E-state index in [1.807, 2.05) is 24.3 Å². The molecule has 21 heavy (non-hydrogen) atoms. The minimum Gasteiger partial charge on any atom is -0.488 e. The average molecular weight is 374 g/mol. The van der Waals surface area contributed by atoms with Crippen molar-refractivity contribution in [2.24, 2.45) is 11.7 Å². The minimum atomic E-state index is -0.0910. The van der Waals surface area contributed by atoms with Crippen LogP contribution in [0, 0.1) is 5.92 Å². The molecule has 1 aromatic rings. The summed E-state index contributed by atoms with van der Waals surface area (Å²) in [7, 11) is 0. The number of rotatable bonds is 4. The van der Waals surface area contributed by atoms with E-state index in [0.29, 0.717) is 24.6 Å². The molecule has 1 aliphatic heterocycles. The van der Waals surface area contributed by atoms with Gasteiger partial charge in [0.05, 0.1) is 5.57 Å². The maximum absolute atomic E-state index is 12.1. The number of halogens is 2. The molecule has 1 fully saturated rings. The Morgan fingerprint density at radius 1 is 1.48 bits per heavy atom. The molecule has 1 amide bonds. The lowest BCUT2D eigenvalue weighted by Crippen LogP contribution is -2.40. The SMILES string of the molecule is Cl.NC(CNC(=O)C1=Cc2cc(Br)ccc2OC1)C1CC1. The third kappa shape index (κ3) is 3.99. The van der Waals surface area contributed by atoms with Crippen LogP contribution in [0.3, 0.4) is 0 Å². The van der Waals surface area contributed by atoms with E-state index in [0.717, 1.165) is 15.8 Å². The fraction of sp³-hybridized carbons (Fsp3) is 0.400. The first kappa shape index (κ1) is 16.3. The van der Waals surface area contributed by atoms with Crippen molar-refractivity contribution in [3.05, 3.63) is 33.8 Å². The van der Waals surface area contributed by atoms with Gasteiger partial charge in [-0.25, -0.2) is 0 Å². The van der Waals surface area contributed by atoms with Gasteiger partial charge in [0.1, 0.15) is 12.4 Å². The van der Waals surface area contributed by atoms with E-state index >= 15 is 0 Å². The highest BCUT2D eigenvalue weighted by molar-refractivity contribution is 9.10. The molecule has 1 aliphatic carbocycles. The molecule has 0 spiro atoms. The Bertz CT molecular complexity index is 573. The van der Waals surface area contributed by atoms with Gasteiger partial charge in [0.15, 0.2) is 0 Å². The Morgan fingerprint density at radius 3 is 2.95 bits per heavy atom. The first-order chi connectivity index (χ1) is 9.63. The number of nitrogens with two attached hydrogens (primary N) is 1. The number of hydrogen-bond acceptors (Lipinski definition) is 3. The normalized spacial score (nSPS) is 17.7. The molecule has 1 aromatic carbocycles. The van der Waals surface area contributed by atoms with Crippen LogP contribution in [-0.2, 0) is 4.79 Å². The quantitative estimate of drug-likeness (QED) is 0.852. The van der Waals surface area contributed by atoms with E-state index in [1.54, 1.807) is 0 Å². The van der Waals surface area contributed by atoms with Crippen molar-refractivity contribution >= 4 is 40.3 Å². The van der Waals surface area contributed by atoms with E-state index in [9.17, 15) is 4.79 Å². The van der Waals surface area contributed by atoms with Crippen LogP contribution >= 0.6 is 28.3 Å². The molecule has 1 heterocycles. The van der Waals surface area contributed by atoms with Gasteiger partial charge in [0.25, 0.3) is 5.91 Å². The molecule has 0 aromatic heterocycles. The molecule has 1 unspecified atom stereocenters. The summed E-state index contributed by atoms with van der Waals surface area (Å²) in [6.07, 6.45) is 4.25. The zero-order valence-electron chi connectivity index (χ0n) is 11.5. The number of nitrogens with one attached hydrogen (secondary N) is 1. The van der Waals surface area contributed by atoms with Gasteiger partial charge in [-0.3, -0.25) is 4.79 Å². The number of hydrogen-bond donors (Lipinski definition) is 2. The maximum Gasteiger partial charge on any atom is 0.250 e. The van der Waals surface area contributed by atoms with Crippen LogP contribution in [0.5, 0.6) is 5.75 Å². The molecule has 0 saturated heterocycles. The summed E-state index contributed by atoms with van der Waals surface area (Å²) in [4.78, 5) is 12.1. The lowest BCUT2D eigenvalue weighted by Gasteiger charge is -2.19. The molecule has 2 aliphatic rings. The van der Waals surface area contributed by atoms with Gasteiger partial charge < -0.3 is 15.8 Å². The number of benzene rings is 1. The molecule has 114 valence electrons. The second kappa shape index (κ2) is 6.81. The van der Waals surface area contributed by atoms with Crippen LogP contribution in [0.1, 0.15) is 18.4 Å². The first-order valence-corrected chi connectivity index (χ1v) is 7.59. The van der Waals surface area contributed by atoms with Gasteiger partial charge in [-0.2, -0.15) is 0 Å². The molecule has 1 atom stereocenters. The van der Waals surface area contributed by atoms with Gasteiger partial charge in [0, 0.05) is 22.6 Å². The zero-order valence-corrected chi connectivity index (χ0v) is 13.9. The lowest BCUT2D eigenvalue weighted by molar-refractivity contribution is -0.117. The summed E-state index contributed by atoms with van der Waals surface area (Å²) in [5.74, 6) is 1.30. The van der Waals surface area contributed by atoms with E-state index in [1.165, 1.54) is 12.8 Å². The smallest absolute Gasteiger partial charge is 0.250 e. The fourth-order valence-corrected chi connectivity index (χ4v) is 2.67. The van der Waals surface area contributed by atoms with E-state index in [4.69, 9.17) is 10.5 Å². The molecule has 0 radical (unpaired) electrons. The van der Waals surface area contributed by atoms with Crippen molar-refractivity contribution in [2.45, 2.75) is 18.9 Å². The molecule has 1 saturated carbocycles. The summed E-state index contributed by atoms with van der Waals surface area (Å²) in [6, 6.07) is 5.84. The van der Waals surface area contributed by atoms with Crippen molar-refractivity contribution < 1.29 is 9.53 Å². The van der Waals surface area contributed by atoms with E-state index < -0.39 is 0 Å². The highest BCUT2D eigenvalue weighted by atomic mass is 79.9. The third-order valence-corrected chi connectivity index (χ3v) is 4.20. The Morgan fingerprint density at radius 2 is 2.24 bits per heavy atom. The van der Waals surface area contributed by atoms with Gasteiger partial charge >= 0.3 is 0 Å². The predicted octanol–water partition coefficient (Wildman–Crippen LogP) is 2.50. The number of amides is 1. The molecule has 3 N–H and O–H groups in total. The highest BCUT2D eigenvalue weighted by Gasteiger charge is 2.28. The summed E-state index contributed by atoms with van der Waals surface area (Å²) >= 11 is 3.42. The molecular weight excluding hydrogens is 356 g/mol. The van der Waals surface area contributed by atoms with Crippen molar-refractivity contribution in [1.82, 2.24) is 5.32 Å². The summed E-state index contributed by atoms with van der Waals surface area (Å²) in [5.41, 5.74) is 7.54. The first-order valence-electron chi connectivity index (χ1n) is 6.80. The largest absolute Gasteiger partial charge is 0.488 e. The number of carbonyl (C=O) groups is 1. The lowest BCUT2D eigenvalue weighted by atomic mass is 10.1. The van der Waals surface area contributed by atoms with Gasteiger partial charge in [-0.1, -0.05) is 15.9 Å². The standard InChI is InChI=1S/C15H17BrN2O2.ClH/c16-12-3-4-14-10(6-12)5-11(8-20-14)15(19)18-7-13(17)9-1-2-9;/h3-6,9,13H,1-2,7-8,17H2,(H,18,19);1H. The second-order valence-corrected chi connectivity index (χ2v) is 6.27. The van der Waals surface area contributed by atoms with Crippen molar-refractivity contribution in [3.8, 4) is 5.75 Å². The highest BCUT2D eigenvalue weighted by Crippen LogP contribution is 2.31. The Kier molecular flexibility index (Phi) is 5.30. The Hall–Kier alpha value is -1.04. The zero-order chi connectivity index (χ0) is 14.1. The molecular formula is C15H18BrClN2O2. The number of carbonyl (C=O) groups excluding carboxylic acids is 1. The average Bonchev–Trinajstić information content (AvgIpc) is 3.28. The van der Waals surface area contributed by atoms with Crippen molar-refractivity contribution in [3.63, 3.8) is 0 Å². The van der Waals surface area contributed by atoms with Crippen LogP contribution in [-0.4, -0.2) is 25.1 Å². The summed E-state index contributed by atoms with van der Waals surface area (Å²) < 4.78 is 6.56. The maximum atomic E-state index is 12.1. The molecule has 6 heteroatoms. The van der Waals surface area contributed by atoms with Crippen molar-refractivity contribution in [1.29, 1.82) is 0 Å². The van der Waals surface area contributed by atoms with Crippen LogP contribution < -0.4 is 15.8 Å². The fourth-order valence-electron chi connectivity index (χ4n) is 2.29. The molecule has 0 bridgehead atoms. The third-order valence-electron chi connectivity index (χ3n) is 3.70. The van der Waals surface area contributed by atoms with Crippen LogP contribution in [0.25, 0.3) is 6.08 Å². The van der Waals surface area contributed by atoms with Gasteiger partial charge in [-0.15, -0.1) is 12.4 Å². The molecule has 3 rings (SSSR count). The monoisotopic (exact) mass is 372 g/mol. The van der Waals surface area contributed by atoms with Crippen LogP contribution in [0.2, 0.25) is 0 Å². The van der Waals surface area contributed by atoms with Crippen LogP contribution in [0.4, 0.5) is 0 Å². The second-order valence-electron chi connectivity index (χ2n) is 5.35. The number of fused-ring (bicyclic) bond motifs is 1. The summed E-state index contributed by atoms with van der Waals surface area (Å²) in [5, 5.41) is 2.89. The topological polar surface area (TPSA) is 64.3 Å². The molecule has 4 nitrogen and oxygen atoms in total. The Balaban J connectivity index is 0.00000161. The minimum absolute atomic E-state index is 0. The predicted molar refractivity (Wildman–Crippen MR) is 88.6 cm³/mol. The number of ether oxygens (including phenoxy) is 1. The summed E-state index contributed by atoms with van der Waals surface area (Å²) in [6.45, 7) is 0.839. The Labute approximate surface area is 138 Å². The van der Waals surface area contributed by atoms with Gasteiger partial charge in [0.2, 0.25) is 0 Å². The van der Waals surface area contributed by atoms with Gasteiger partial charge in [-0.05, 0) is 43.0 Å². The van der Waals surface area contributed by atoms with Crippen molar-refractivity contribution in [2.75, 3.05) is 13.2 Å². The van der Waals surface area contributed by atoms with Crippen LogP contribution in [0.15, 0.2) is 28.2 Å². The van der Waals surface area contributed by atoms with E-state index in [2.05, 4.69) is 21.2 Å². The van der Waals surface area contributed by atoms with E-state index in [-0.39, 0.29) is 24.4 Å².